The molecule has 1 aliphatic heterocycles. The van der Waals surface area contributed by atoms with Gasteiger partial charge in [-0.2, -0.15) is 0 Å². The van der Waals surface area contributed by atoms with E-state index in [2.05, 4.69) is 5.32 Å². The van der Waals surface area contributed by atoms with Crippen molar-refractivity contribution in [2.45, 2.75) is 18.9 Å². The Labute approximate surface area is 165 Å². The van der Waals surface area contributed by atoms with Crippen LogP contribution in [-0.4, -0.2) is 46.8 Å². The molecule has 9 heteroatoms. The van der Waals surface area contributed by atoms with E-state index in [-0.39, 0.29) is 30.4 Å². The largest absolute Gasteiger partial charge is 0.460 e. The third-order valence-electron chi connectivity index (χ3n) is 4.79. The maximum atomic E-state index is 12.3. The summed E-state index contributed by atoms with van der Waals surface area (Å²) in [5.41, 5.74) is 0.823. The van der Waals surface area contributed by atoms with E-state index in [0.717, 1.165) is 23.8 Å². The molecule has 1 fully saturated rings. The Morgan fingerprint density at radius 2 is 1.79 bits per heavy atom. The molecule has 29 heavy (non-hydrogen) atoms. The number of anilines is 1. The highest BCUT2D eigenvalue weighted by molar-refractivity contribution is 6.21. The number of fused-ring (bicyclic) bond motifs is 1. The number of imide groups is 1. The summed E-state index contributed by atoms with van der Waals surface area (Å²) in [6.45, 7) is -0.304. The van der Waals surface area contributed by atoms with Gasteiger partial charge in [0.2, 0.25) is 0 Å². The Morgan fingerprint density at radius 1 is 1.14 bits per heavy atom. The van der Waals surface area contributed by atoms with E-state index in [1.54, 1.807) is 24.3 Å². The van der Waals surface area contributed by atoms with Gasteiger partial charge in [-0.1, -0.05) is 12.1 Å². The van der Waals surface area contributed by atoms with Gasteiger partial charge < -0.3 is 10.1 Å². The molecule has 9 nitrogen and oxygen atoms in total. The minimum Gasteiger partial charge on any atom is -0.460 e. The van der Waals surface area contributed by atoms with Crippen LogP contribution in [0, 0.1) is 10.1 Å². The standard InChI is InChI=1S/C20H17N3O6/c24-18-14-3-1-2-4-15(14)19(25)22(18)9-10-29-20(26)12-5-8-16(21-13-6-7-13)17(11-12)23(27)28/h1-5,8,11,13,21H,6-7,9-10H2. The minimum atomic E-state index is -0.761. The molecule has 2 aliphatic rings. The van der Waals surface area contributed by atoms with Crippen LogP contribution in [0.15, 0.2) is 42.5 Å². The summed E-state index contributed by atoms with van der Waals surface area (Å²) in [6.07, 6.45) is 1.91. The first-order valence-corrected chi connectivity index (χ1v) is 9.13. The van der Waals surface area contributed by atoms with Crippen LogP contribution < -0.4 is 5.32 Å². The van der Waals surface area contributed by atoms with E-state index in [1.807, 2.05) is 0 Å². The first kappa shape index (κ1) is 18.6. The van der Waals surface area contributed by atoms with Crippen molar-refractivity contribution in [3.05, 3.63) is 69.3 Å². The molecule has 2 aromatic carbocycles. The number of nitrogens with zero attached hydrogens (tertiary/aromatic N) is 2. The quantitative estimate of drug-likeness (QED) is 0.331. The molecule has 0 spiro atoms. The zero-order chi connectivity index (χ0) is 20.5. The number of hydrogen-bond donors (Lipinski definition) is 1. The predicted octanol–water partition coefficient (Wildman–Crippen LogP) is 2.62. The summed E-state index contributed by atoms with van der Waals surface area (Å²) >= 11 is 0. The second-order valence-corrected chi connectivity index (χ2v) is 6.85. The Hall–Kier alpha value is -3.75. The zero-order valence-corrected chi connectivity index (χ0v) is 15.3. The molecule has 2 aromatic rings. The molecule has 2 amide bonds. The summed E-state index contributed by atoms with van der Waals surface area (Å²) in [5, 5.41) is 14.4. The number of nitro benzene ring substituents is 1. The van der Waals surface area contributed by atoms with Gasteiger partial charge in [0.05, 0.1) is 28.2 Å². The lowest BCUT2D eigenvalue weighted by Gasteiger charge is -2.14. The molecule has 0 radical (unpaired) electrons. The van der Waals surface area contributed by atoms with Crippen LogP contribution >= 0.6 is 0 Å². The van der Waals surface area contributed by atoms with Crippen LogP contribution in [0.5, 0.6) is 0 Å². The smallest absolute Gasteiger partial charge is 0.338 e. The summed E-state index contributed by atoms with van der Waals surface area (Å²) in [4.78, 5) is 48.6. The van der Waals surface area contributed by atoms with Gasteiger partial charge in [-0.25, -0.2) is 4.79 Å². The van der Waals surface area contributed by atoms with Crippen LogP contribution in [0.2, 0.25) is 0 Å². The van der Waals surface area contributed by atoms with Crippen LogP contribution in [0.4, 0.5) is 11.4 Å². The second kappa shape index (κ2) is 7.34. The normalized spacial score (nSPS) is 15.2. The molecular weight excluding hydrogens is 378 g/mol. The van der Waals surface area contributed by atoms with E-state index in [4.69, 9.17) is 4.74 Å². The molecule has 4 rings (SSSR count). The molecule has 0 atom stereocenters. The summed E-state index contributed by atoms with van der Waals surface area (Å²) in [6, 6.07) is 10.8. The summed E-state index contributed by atoms with van der Waals surface area (Å²) in [5.74, 6) is -1.64. The number of carbonyl (C=O) groups is 3. The third-order valence-corrected chi connectivity index (χ3v) is 4.79. The molecule has 148 valence electrons. The van der Waals surface area contributed by atoms with Gasteiger partial charge in [0.1, 0.15) is 12.3 Å². The van der Waals surface area contributed by atoms with E-state index < -0.39 is 22.7 Å². The SMILES string of the molecule is O=C(OCCN1C(=O)c2ccccc2C1=O)c1ccc(NC2CC2)c([N+](=O)[O-])c1. The Morgan fingerprint density at radius 3 is 2.38 bits per heavy atom. The molecule has 0 aromatic heterocycles. The molecule has 1 aliphatic carbocycles. The van der Waals surface area contributed by atoms with E-state index in [9.17, 15) is 24.5 Å². The fourth-order valence-corrected chi connectivity index (χ4v) is 3.13. The average molecular weight is 395 g/mol. The molecule has 0 bridgehead atoms. The summed E-state index contributed by atoms with van der Waals surface area (Å²) in [7, 11) is 0. The van der Waals surface area contributed by atoms with Crippen molar-refractivity contribution < 1.29 is 24.0 Å². The van der Waals surface area contributed by atoms with E-state index in [1.165, 1.54) is 12.1 Å². The predicted molar refractivity (Wildman–Crippen MR) is 102 cm³/mol. The highest BCUT2D eigenvalue weighted by Crippen LogP contribution is 2.31. The monoisotopic (exact) mass is 395 g/mol. The molecule has 0 unspecified atom stereocenters. The van der Waals surface area contributed by atoms with E-state index in [0.29, 0.717) is 16.8 Å². The third kappa shape index (κ3) is 3.66. The zero-order valence-electron chi connectivity index (χ0n) is 15.3. The average Bonchev–Trinajstić information content (AvgIpc) is 3.50. The van der Waals surface area contributed by atoms with Crippen molar-refractivity contribution in [1.82, 2.24) is 4.90 Å². The number of benzene rings is 2. The maximum absolute atomic E-state index is 12.3. The van der Waals surface area contributed by atoms with Crippen molar-refractivity contribution in [1.29, 1.82) is 0 Å². The van der Waals surface area contributed by atoms with Gasteiger partial charge in [0.25, 0.3) is 17.5 Å². The topological polar surface area (TPSA) is 119 Å². The van der Waals surface area contributed by atoms with Crippen LogP contribution in [0.3, 0.4) is 0 Å². The molecule has 0 saturated heterocycles. The molecular formula is C20H17N3O6. The number of rotatable bonds is 7. The van der Waals surface area contributed by atoms with Gasteiger partial charge in [-0.05, 0) is 37.1 Å². The number of nitrogens with one attached hydrogen (secondary N) is 1. The second-order valence-electron chi connectivity index (χ2n) is 6.85. The van der Waals surface area contributed by atoms with Gasteiger partial charge in [0.15, 0.2) is 0 Å². The van der Waals surface area contributed by atoms with Gasteiger partial charge in [-0.3, -0.25) is 24.6 Å². The number of amides is 2. The van der Waals surface area contributed by atoms with Crippen LogP contribution in [0.1, 0.15) is 43.9 Å². The van der Waals surface area contributed by atoms with Gasteiger partial charge in [-0.15, -0.1) is 0 Å². The van der Waals surface area contributed by atoms with Crippen molar-refractivity contribution in [3.63, 3.8) is 0 Å². The number of nitro groups is 1. The number of carbonyl (C=O) groups excluding carboxylic acids is 3. The first-order valence-electron chi connectivity index (χ1n) is 9.13. The Bertz CT molecular complexity index is 996. The first-order chi connectivity index (χ1) is 14.0. The fourth-order valence-electron chi connectivity index (χ4n) is 3.13. The van der Waals surface area contributed by atoms with Crippen molar-refractivity contribution >= 4 is 29.2 Å². The van der Waals surface area contributed by atoms with Gasteiger partial charge in [0, 0.05) is 12.1 Å². The fraction of sp³-hybridized carbons (Fsp3) is 0.250. The number of hydrogen-bond acceptors (Lipinski definition) is 7. The lowest BCUT2D eigenvalue weighted by molar-refractivity contribution is -0.384. The Balaban J connectivity index is 1.39. The highest BCUT2D eigenvalue weighted by Gasteiger charge is 2.35. The Kier molecular flexibility index (Phi) is 4.71. The molecule has 1 saturated carbocycles. The van der Waals surface area contributed by atoms with Crippen LogP contribution in [0.25, 0.3) is 0 Å². The van der Waals surface area contributed by atoms with Crippen molar-refractivity contribution in [2.75, 3.05) is 18.5 Å². The lowest BCUT2D eigenvalue weighted by atomic mass is 10.1. The molecule has 1 N–H and O–H groups in total. The molecule has 1 heterocycles. The number of ether oxygens (including phenoxy) is 1. The number of esters is 1. The maximum Gasteiger partial charge on any atom is 0.338 e. The van der Waals surface area contributed by atoms with Crippen molar-refractivity contribution in [2.24, 2.45) is 0 Å². The van der Waals surface area contributed by atoms with E-state index >= 15 is 0 Å². The van der Waals surface area contributed by atoms with Crippen LogP contribution in [-0.2, 0) is 4.74 Å². The lowest BCUT2D eigenvalue weighted by Crippen LogP contribution is -2.33. The van der Waals surface area contributed by atoms with Gasteiger partial charge >= 0.3 is 5.97 Å². The van der Waals surface area contributed by atoms with Crippen molar-refractivity contribution in [3.8, 4) is 0 Å². The summed E-state index contributed by atoms with van der Waals surface area (Å²) < 4.78 is 5.13. The highest BCUT2D eigenvalue weighted by atomic mass is 16.6. The minimum absolute atomic E-state index is 0.0282.